The zero-order valence-electron chi connectivity index (χ0n) is 108. The van der Waals surface area contributed by atoms with Gasteiger partial charge in [0.05, 0.1) is 66.2 Å². The summed E-state index contributed by atoms with van der Waals surface area (Å²) in [6, 6.07) is -5.90. The van der Waals surface area contributed by atoms with E-state index in [0.29, 0.717) is 60.7 Å². The summed E-state index contributed by atoms with van der Waals surface area (Å²) in [5, 5.41) is 8.84. The molecule has 0 aliphatic heterocycles. The average molecular weight is 1600 g/mol. The average Bonchev–Trinajstić information content (AvgIpc) is 0.712. The molecule has 590 valence electrons. The van der Waals surface area contributed by atoms with Crippen LogP contribution in [0.15, 0.2) is 272 Å². The zero-order chi connectivity index (χ0) is 126. The van der Waals surface area contributed by atoms with Crippen molar-refractivity contribution in [3.63, 3.8) is 0 Å². The quantitative estimate of drug-likeness (QED) is 0.0280. The van der Waals surface area contributed by atoms with Crippen LogP contribution in [-0.4, -0.2) is 67.5 Å². The fraction of sp³-hybridized carbons (Fsp3) is 0.294. The number of ether oxygens (including phenoxy) is 5. The van der Waals surface area contributed by atoms with Crippen LogP contribution in [0.1, 0.15) is 191 Å². The van der Waals surface area contributed by atoms with E-state index >= 15 is 0 Å². The highest BCUT2D eigenvalue weighted by Gasteiger charge is 2.34. The summed E-state index contributed by atoms with van der Waals surface area (Å²) in [5.41, 5.74) is -8.80. The van der Waals surface area contributed by atoms with Crippen LogP contribution in [-0.2, 0) is 30.9 Å². The van der Waals surface area contributed by atoms with Gasteiger partial charge >= 0.3 is 30.9 Å². The summed E-state index contributed by atoms with van der Waals surface area (Å²) in [6.07, 6.45) is -44.7. The van der Waals surface area contributed by atoms with Gasteiger partial charge in [0.25, 0.3) is 0 Å². The highest BCUT2D eigenvalue weighted by molar-refractivity contribution is 5.35. The molecule has 10 rings (SSSR count). The van der Waals surface area contributed by atoms with E-state index in [2.05, 4.69) is 5.32 Å². The molecule has 0 aliphatic rings. The van der Waals surface area contributed by atoms with Gasteiger partial charge in [0.1, 0.15) is 59.2 Å². The smallest absolute Gasteiger partial charge is 0.416 e. The van der Waals surface area contributed by atoms with Gasteiger partial charge in [-0.1, -0.05) is 151 Å². The third-order valence-corrected chi connectivity index (χ3v) is 12.8. The Morgan fingerprint density at radius 2 is 0.536 bits per heavy atom. The van der Waals surface area contributed by atoms with Gasteiger partial charge in [-0.15, -0.1) is 0 Å². The fourth-order valence-electron chi connectivity index (χ4n) is 7.85. The van der Waals surface area contributed by atoms with Crippen molar-refractivity contribution >= 4 is 0 Å². The first-order valence-electron chi connectivity index (χ1n) is 56.8. The van der Waals surface area contributed by atoms with Gasteiger partial charge in [-0.3, -0.25) is 0 Å². The molecule has 0 fully saturated rings. The summed E-state index contributed by atoms with van der Waals surface area (Å²) >= 11 is 0. The van der Waals surface area contributed by atoms with Crippen LogP contribution in [0.25, 0.3) is 0 Å². The van der Waals surface area contributed by atoms with Crippen LogP contribution in [0.2, 0.25) is 0 Å². The fourth-order valence-corrected chi connectivity index (χ4v) is 7.85. The van der Waals surface area contributed by atoms with E-state index in [0.717, 1.165) is 60.7 Å². The normalized spacial score (nSPS) is 21.9. The first-order chi connectivity index (χ1) is 73.3. The van der Waals surface area contributed by atoms with Gasteiger partial charge in [0, 0.05) is 66.3 Å². The lowest BCUT2D eigenvalue weighted by Gasteiger charge is -2.20. The molecule has 10 nitrogen and oxygen atoms in total. The second-order valence-corrected chi connectivity index (χ2v) is 20.4. The lowest BCUT2D eigenvalue weighted by Crippen LogP contribution is -2.16. The summed E-state index contributed by atoms with van der Waals surface area (Å²) in [4.78, 5) is 0. The molecule has 10 aromatic carbocycles. The molecule has 0 aromatic heterocycles. The molecule has 10 aromatic rings. The van der Waals surface area contributed by atoms with Gasteiger partial charge in [0.2, 0.25) is 0 Å². The SMILES string of the molecule is [2H]c1c([2H])c([2H])c(C(CC([2H])([2H])NC([2H])([2H])[2H])Oc2ccc(C(F)(F)F)cc2)c([2H])c1[2H].[2H]c1c([2H])c([2H])c(C(Oc2ccc(C(F)(F)F)cc2)C([2H])([2H])C([2H])([2H])NC([2H])([2H])[2H])c([2H])c1[2H].[2H]c1c([2H])c([2H])c(C([2H])(CC([2H])([2H])NC([2H])([2H])[2H])Oc2ccc(C(F)(F)F)cc2)c([2H])c1[2H].[2H]c1c([2H])c([2H])c(C([2H])(CCNC([2H])([2H])[2H])Oc2ccc(C(F)(F)F)cc2)c([2H])c1[2H].[2H]c1c([2H])c([2H])c(C([2H])(Oc2ccc(C(F)(F)F)cc2)C([2H])([2H])CNC([2H])([2H])[2H])c([2H])c1[2H]. The maximum Gasteiger partial charge on any atom is 0.416 e. The molecule has 0 bridgehead atoms. The van der Waals surface area contributed by atoms with Gasteiger partial charge in [0.15, 0.2) is 0 Å². The Balaban J connectivity index is 0.000000309. The molecule has 0 saturated carbocycles. The van der Waals surface area contributed by atoms with Gasteiger partial charge in [-0.2, -0.15) is 65.9 Å². The number of nitrogens with one attached hydrogen (secondary N) is 5. The molecule has 0 amide bonds. The Labute approximate surface area is 706 Å². The second-order valence-electron chi connectivity index (χ2n) is 20.4. The standard InChI is InChI=1S/5C17H18F3NO/c5*1-21-12-11-16(13-5-3-2-4-6-13)22-15-9-7-14(8-10-15)17(18,19)20/h5*2-10,16,21H,11-12H2,1H3/i1D3,2D,3D,4D,5D,6D,12D2,16D;1D3,2D,3D,4D,5D,6D,11D2,16D;1D3,2D,3D,4D,5D,6D,11D2,12D2;1D3,2D,3D,4D,5D,6D,16D;1D3,2D,3D,4D,5D,6D,12D2. The minimum Gasteiger partial charge on any atom is -0.486 e. The highest BCUT2D eigenvalue weighted by Crippen LogP contribution is 2.38. The minimum atomic E-state index is -4.71. The van der Waals surface area contributed by atoms with Crippen LogP contribution < -0.4 is 50.3 Å². The van der Waals surface area contributed by atoms with Crippen molar-refractivity contribution in [1.82, 2.24) is 26.6 Å². The number of rotatable bonds is 30. The molecule has 110 heavy (non-hydrogen) atoms. The third-order valence-electron chi connectivity index (χ3n) is 12.8. The topological polar surface area (TPSA) is 106 Å². The van der Waals surface area contributed by atoms with Crippen LogP contribution in [0, 0.1) is 0 Å². The Hall–Kier alpha value is -10.1. The van der Waals surface area contributed by atoms with Crippen molar-refractivity contribution in [3.05, 3.63) is 328 Å². The number of hydrogen-bond acceptors (Lipinski definition) is 10. The molecule has 0 heterocycles. The molecule has 5 unspecified atom stereocenters. The Morgan fingerprint density at radius 3 is 0.864 bits per heavy atom. The maximum absolute atomic E-state index is 12.9. The molecule has 0 radical (unpaired) electrons. The molecule has 0 aliphatic carbocycles. The summed E-state index contributed by atoms with van der Waals surface area (Å²) in [5.74, 6) is -1.79. The van der Waals surface area contributed by atoms with E-state index in [4.69, 9.17) is 96.3 Å². The monoisotopic (exact) mass is 1600 g/mol. The summed E-state index contributed by atoms with van der Waals surface area (Å²) < 4.78 is 632. The van der Waals surface area contributed by atoms with Crippen molar-refractivity contribution in [1.29, 1.82) is 0 Å². The van der Waals surface area contributed by atoms with E-state index in [-0.39, 0.29) is 18.0 Å². The summed E-state index contributed by atoms with van der Waals surface area (Å²) in [6.45, 7) is -25.0. The Morgan fingerprint density at radius 1 is 0.282 bits per heavy atom. The first-order valence-corrected chi connectivity index (χ1v) is 30.3. The Kier molecular flexibility index (Phi) is 16.1. The van der Waals surface area contributed by atoms with Crippen LogP contribution in [0.4, 0.5) is 65.9 Å². The van der Waals surface area contributed by atoms with E-state index in [1.54, 1.807) is 10.6 Å². The largest absolute Gasteiger partial charge is 0.486 e. The third kappa shape index (κ3) is 31.9. The van der Waals surface area contributed by atoms with E-state index in [1.807, 2.05) is 5.32 Å². The Bertz CT molecular complexity index is 6770. The van der Waals surface area contributed by atoms with Crippen molar-refractivity contribution < 1.29 is 162 Å². The predicted octanol–water partition coefficient (Wildman–Crippen LogP) is 22.2. The van der Waals surface area contributed by atoms with Gasteiger partial charge in [-0.05, 0) is 217 Å². The van der Waals surface area contributed by atoms with Crippen molar-refractivity contribution in [2.75, 3.05) is 67.5 Å². The predicted molar refractivity (Wildman–Crippen MR) is 399 cm³/mol. The molecule has 25 heteroatoms. The molecule has 5 N–H and O–H groups in total. The van der Waals surface area contributed by atoms with Gasteiger partial charge in [-0.25, -0.2) is 0 Å². The van der Waals surface area contributed by atoms with E-state index < -0.39 is 378 Å². The van der Waals surface area contributed by atoms with Crippen LogP contribution in [0.3, 0.4) is 0 Å². The number of alkyl halides is 15. The zero-order valence-corrected chi connectivity index (χ0v) is 55.4. The first kappa shape index (κ1) is 39.2. The van der Waals surface area contributed by atoms with Crippen molar-refractivity contribution in [2.45, 2.75) is 93.3 Å². The molecule has 5 atom stereocenters. The lowest BCUT2D eigenvalue weighted by molar-refractivity contribution is -0.138. The second kappa shape index (κ2) is 45.2. The maximum atomic E-state index is 12.9. The van der Waals surface area contributed by atoms with Crippen LogP contribution in [0.5, 0.6) is 28.7 Å². The molecule has 0 spiro atoms. The van der Waals surface area contributed by atoms with Crippen molar-refractivity contribution in [2.24, 2.45) is 0 Å². The molecule has 0 saturated heterocycles. The van der Waals surface area contributed by atoms with E-state index in [9.17, 15) is 65.9 Å². The number of halogens is 15. The highest BCUT2D eigenvalue weighted by atomic mass is 19.4. The van der Waals surface area contributed by atoms with Crippen molar-refractivity contribution in [3.8, 4) is 28.7 Å². The minimum absolute atomic E-state index is 0.209. The molecular weight excluding hydrogens is 1460 g/mol. The summed E-state index contributed by atoms with van der Waals surface area (Å²) in [7, 11) is 0. The number of hydrogen-bond donors (Lipinski definition) is 5. The lowest BCUT2D eigenvalue weighted by atomic mass is 10.1. The van der Waals surface area contributed by atoms with E-state index in [1.165, 1.54) is 5.32 Å². The van der Waals surface area contributed by atoms with Crippen LogP contribution >= 0.6 is 0 Å². The number of benzene rings is 10. The molecular formula is C85H90F15N5O5. The van der Waals surface area contributed by atoms with Gasteiger partial charge < -0.3 is 50.3 Å².